The topological polar surface area (TPSA) is 0 Å². The summed E-state index contributed by atoms with van der Waals surface area (Å²) in [7, 11) is 18.4. The van der Waals surface area contributed by atoms with Crippen molar-refractivity contribution in [3.8, 4) is 22.3 Å². The van der Waals surface area contributed by atoms with Crippen LogP contribution in [0.3, 0.4) is 0 Å². The summed E-state index contributed by atoms with van der Waals surface area (Å²) >= 11 is -5.73. The van der Waals surface area contributed by atoms with Gasteiger partial charge < -0.3 is 0 Å². The molecule has 2 unspecified atom stereocenters. The van der Waals surface area contributed by atoms with Crippen LogP contribution in [0.4, 0.5) is 0 Å². The Kier molecular flexibility index (Phi) is 9.88. The maximum atomic E-state index is 9.20. The molecule has 3 heteroatoms. The average Bonchev–Trinajstić information content (AvgIpc) is 3.72. The number of hydrogen-bond acceptors (Lipinski definition) is 0. The first-order chi connectivity index (χ1) is 26.6. The van der Waals surface area contributed by atoms with Crippen LogP contribution in [-0.2, 0) is 26.7 Å². The van der Waals surface area contributed by atoms with Gasteiger partial charge in [0.1, 0.15) is 0 Å². The zero-order chi connectivity index (χ0) is 39.6. The van der Waals surface area contributed by atoms with Crippen molar-refractivity contribution in [2.75, 3.05) is 0 Å². The van der Waals surface area contributed by atoms with E-state index in [1.165, 1.54) is 66.8 Å². The summed E-state index contributed by atoms with van der Waals surface area (Å²) < 4.78 is 0.762. The van der Waals surface area contributed by atoms with Gasteiger partial charge in [-0.25, -0.2) is 0 Å². The molecule has 0 spiro atoms. The summed E-state index contributed by atoms with van der Waals surface area (Å²) in [6.07, 6.45) is 4.78. The van der Waals surface area contributed by atoms with E-state index in [4.69, 9.17) is 0 Å². The fourth-order valence-electron chi connectivity index (χ4n) is 9.70. The Labute approximate surface area is 342 Å². The molecule has 0 aliphatic heterocycles. The van der Waals surface area contributed by atoms with Crippen molar-refractivity contribution in [3.05, 3.63) is 201 Å². The number of allylic oxidation sites excluding steroid dienone is 2. The molecule has 0 N–H and O–H groups in total. The summed E-state index contributed by atoms with van der Waals surface area (Å²) in [6.45, 7) is 18.2. The van der Waals surface area contributed by atoms with E-state index in [0.29, 0.717) is 0 Å². The predicted octanol–water partition coefficient (Wildman–Crippen LogP) is 15.5. The van der Waals surface area contributed by atoms with Gasteiger partial charge in [0.05, 0.1) is 0 Å². The predicted molar refractivity (Wildman–Crippen MR) is 242 cm³/mol. The molecule has 0 bridgehead atoms. The molecule has 6 aromatic carbocycles. The summed E-state index contributed by atoms with van der Waals surface area (Å²) in [5, 5.41) is 0. The number of benzene rings is 6. The molecular weight excluding hydrogens is 799 g/mol. The molecule has 2 aliphatic rings. The number of rotatable bonds is 6. The Morgan fingerprint density at radius 2 is 0.804 bits per heavy atom. The Morgan fingerprint density at radius 3 is 1.14 bits per heavy atom. The molecule has 0 fully saturated rings. The molecule has 0 aromatic heterocycles. The van der Waals surface area contributed by atoms with Crippen LogP contribution in [0, 0.1) is 0 Å². The Morgan fingerprint density at radius 1 is 0.446 bits per heavy atom. The molecule has 2 aliphatic carbocycles. The molecular formula is C53H52Cl2Zr. The van der Waals surface area contributed by atoms with Crippen molar-refractivity contribution in [3.63, 3.8) is 0 Å². The molecule has 0 nitrogen and oxygen atoms in total. The van der Waals surface area contributed by atoms with Crippen molar-refractivity contribution < 1.29 is 15.9 Å². The number of halogens is 2. The molecule has 0 radical (unpaired) electrons. The SMILES string of the molecule is CC1=Cc2c(-c3ccccc3)cccc2[CH]1[Zr]([Cl])([Cl])(=[C](c1ccc(C(C)(C)C)cc1)c1ccc(C(C)(C)C)cc1)[CH]1C(C)=Cc2c(-c3ccccc3)cccc21. The second-order valence-corrected chi connectivity index (χ2v) is 38.7. The maximum absolute atomic E-state index is 9.20. The van der Waals surface area contributed by atoms with E-state index in [2.05, 4.69) is 213 Å². The summed E-state index contributed by atoms with van der Waals surface area (Å²) in [4.78, 5) is 0. The van der Waals surface area contributed by atoms with Crippen molar-refractivity contribution >= 4 is 32.4 Å². The van der Waals surface area contributed by atoms with Crippen molar-refractivity contribution in [2.45, 2.75) is 73.5 Å². The van der Waals surface area contributed by atoms with Gasteiger partial charge in [-0.05, 0) is 0 Å². The van der Waals surface area contributed by atoms with Gasteiger partial charge in [0.25, 0.3) is 0 Å². The molecule has 2 atom stereocenters. The van der Waals surface area contributed by atoms with Crippen molar-refractivity contribution in [1.82, 2.24) is 0 Å². The zero-order valence-electron chi connectivity index (χ0n) is 33.9. The van der Waals surface area contributed by atoms with Crippen molar-refractivity contribution in [2.24, 2.45) is 0 Å². The van der Waals surface area contributed by atoms with Crippen LogP contribution in [0.25, 0.3) is 34.4 Å². The van der Waals surface area contributed by atoms with Gasteiger partial charge in [-0.3, -0.25) is 0 Å². The fourth-order valence-corrected chi connectivity index (χ4v) is 33.5. The Bertz CT molecular complexity index is 2410. The van der Waals surface area contributed by atoms with Gasteiger partial charge in [-0.1, -0.05) is 0 Å². The molecule has 56 heavy (non-hydrogen) atoms. The first kappa shape index (κ1) is 39.0. The van der Waals surface area contributed by atoms with Gasteiger partial charge in [0.15, 0.2) is 0 Å². The van der Waals surface area contributed by atoms with Crippen LogP contribution < -0.4 is 0 Å². The standard InChI is InChI=1S/C21H26.2C16H13.2ClH.Zr/c1-20(2,3)18-11-7-16(8-12-18)15-17-9-13-19(14-10-17)21(4,5)6;2*1-12-10-14-8-5-9-15(16(14)11-12)13-6-3-2-4-7-13;;;/h7-14H,1-6H3;2*2-11H,1H3;2*1H;/q;;;;;+2/p-2. The third-order valence-corrected chi connectivity index (χ3v) is 32.5. The molecule has 0 saturated heterocycles. The summed E-state index contributed by atoms with van der Waals surface area (Å²) in [5.74, 6) is 0. The van der Waals surface area contributed by atoms with Crippen molar-refractivity contribution in [1.29, 1.82) is 0 Å². The van der Waals surface area contributed by atoms with Crippen LogP contribution in [0.5, 0.6) is 0 Å². The quantitative estimate of drug-likeness (QED) is 0.157. The Balaban J connectivity index is 1.52. The summed E-state index contributed by atoms with van der Waals surface area (Å²) in [5.41, 5.74) is 17.0. The third-order valence-electron chi connectivity index (χ3n) is 12.3. The first-order valence-electron chi connectivity index (χ1n) is 20.0. The number of fused-ring (bicyclic) bond motifs is 2. The third kappa shape index (κ3) is 6.53. The monoisotopic (exact) mass is 848 g/mol. The van der Waals surface area contributed by atoms with E-state index in [1.54, 1.807) is 0 Å². The van der Waals surface area contributed by atoms with E-state index >= 15 is 0 Å². The molecule has 6 aromatic rings. The molecule has 282 valence electrons. The van der Waals surface area contributed by atoms with Gasteiger partial charge in [0.2, 0.25) is 0 Å². The minimum absolute atomic E-state index is 0.00211. The molecule has 0 heterocycles. The zero-order valence-corrected chi connectivity index (χ0v) is 37.9. The van der Waals surface area contributed by atoms with Gasteiger partial charge in [0, 0.05) is 0 Å². The van der Waals surface area contributed by atoms with Crippen LogP contribution in [0.15, 0.2) is 157 Å². The van der Waals surface area contributed by atoms with E-state index in [1.807, 2.05) is 0 Å². The Hall–Kier alpha value is -3.87. The van der Waals surface area contributed by atoms with Crippen LogP contribution in [0.1, 0.15) is 107 Å². The first-order valence-corrected chi connectivity index (χ1v) is 30.4. The molecule has 0 saturated carbocycles. The van der Waals surface area contributed by atoms with E-state index in [-0.39, 0.29) is 18.1 Å². The average molecular weight is 851 g/mol. The normalized spacial score (nSPS) is 16.9. The van der Waals surface area contributed by atoms with Crippen LogP contribution in [0.2, 0.25) is 0 Å². The van der Waals surface area contributed by atoms with Gasteiger partial charge >= 0.3 is 345 Å². The van der Waals surface area contributed by atoms with Crippen LogP contribution in [-0.4, -0.2) is 3.21 Å². The van der Waals surface area contributed by atoms with Gasteiger partial charge in [-0.2, -0.15) is 0 Å². The van der Waals surface area contributed by atoms with E-state index < -0.39 is 15.9 Å². The van der Waals surface area contributed by atoms with E-state index in [9.17, 15) is 17.0 Å². The van der Waals surface area contributed by atoms with E-state index in [0.717, 1.165) is 14.3 Å². The molecule has 0 amide bonds. The second kappa shape index (κ2) is 14.2. The number of hydrogen-bond donors (Lipinski definition) is 0. The fraction of sp³-hybridized carbons (Fsp3) is 0.226. The summed E-state index contributed by atoms with van der Waals surface area (Å²) in [6, 6.07) is 53.3. The minimum atomic E-state index is -5.73. The van der Waals surface area contributed by atoms with Crippen LogP contribution >= 0.6 is 17.0 Å². The second-order valence-electron chi connectivity index (χ2n) is 18.2. The molecule has 8 rings (SSSR count). The van der Waals surface area contributed by atoms with Gasteiger partial charge in [-0.15, -0.1) is 0 Å².